The van der Waals surface area contributed by atoms with Gasteiger partial charge in [-0.2, -0.15) is 0 Å². The molecule has 1 aromatic rings. The second-order valence-electron chi connectivity index (χ2n) is 4.37. The van der Waals surface area contributed by atoms with Gasteiger partial charge in [0.1, 0.15) is 0 Å². The molecule has 0 spiro atoms. The molecule has 3 nitrogen and oxygen atoms in total. The Bertz CT molecular complexity index is 395. The first-order valence-corrected chi connectivity index (χ1v) is 5.77. The molecule has 0 unspecified atom stereocenters. The molecule has 1 aliphatic heterocycles. The number of carbonyl (C=O) groups is 1. The number of benzene rings is 1. The Hall–Kier alpha value is -1.51. The minimum Gasteiger partial charge on any atom is -0.478 e. The first-order chi connectivity index (χ1) is 7.68. The van der Waals surface area contributed by atoms with Crippen molar-refractivity contribution < 1.29 is 9.90 Å². The van der Waals surface area contributed by atoms with Crippen LogP contribution in [0.1, 0.15) is 35.2 Å². The third kappa shape index (κ3) is 2.18. The van der Waals surface area contributed by atoms with Gasteiger partial charge in [0.05, 0.1) is 11.3 Å². The molecule has 1 heterocycles. The first kappa shape index (κ1) is 11.0. The second kappa shape index (κ2) is 4.56. The molecule has 1 aliphatic rings. The Morgan fingerprint density at radius 2 is 1.94 bits per heavy atom. The minimum atomic E-state index is -0.833. The van der Waals surface area contributed by atoms with E-state index in [9.17, 15) is 4.79 Å². The fourth-order valence-corrected chi connectivity index (χ4v) is 2.22. The van der Waals surface area contributed by atoms with Crippen LogP contribution in [0.4, 0.5) is 5.69 Å². The number of hydrogen-bond donors (Lipinski definition) is 1. The Labute approximate surface area is 95.7 Å². The van der Waals surface area contributed by atoms with Gasteiger partial charge >= 0.3 is 5.97 Å². The van der Waals surface area contributed by atoms with Gasteiger partial charge in [0.25, 0.3) is 0 Å². The lowest BCUT2D eigenvalue weighted by Gasteiger charge is -2.30. The summed E-state index contributed by atoms with van der Waals surface area (Å²) >= 11 is 0. The largest absolute Gasteiger partial charge is 0.478 e. The maximum absolute atomic E-state index is 11.1. The summed E-state index contributed by atoms with van der Waals surface area (Å²) < 4.78 is 0. The van der Waals surface area contributed by atoms with Crippen molar-refractivity contribution in [1.29, 1.82) is 0 Å². The second-order valence-corrected chi connectivity index (χ2v) is 4.37. The Kier molecular flexibility index (Phi) is 3.13. The van der Waals surface area contributed by atoms with Gasteiger partial charge in [-0.25, -0.2) is 4.79 Å². The summed E-state index contributed by atoms with van der Waals surface area (Å²) in [6, 6.07) is 5.55. The summed E-state index contributed by atoms with van der Waals surface area (Å²) in [7, 11) is 0. The lowest BCUT2D eigenvalue weighted by Crippen LogP contribution is -2.30. The summed E-state index contributed by atoms with van der Waals surface area (Å²) in [5, 5.41) is 9.16. The molecule has 0 saturated carbocycles. The van der Waals surface area contributed by atoms with Crippen molar-refractivity contribution in [3.05, 3.63) is 29.3 Å². The highest BCUT2D eigenvalue weighted by molar-refractivity contribution is 5.94. The SMILES string of the molecule is Cc1ccc(C(=O)O)c(N2CCCCC2)c1. The van der Waals surface area contributed by atoms with E-state index in [2.05, 4.69) is 4.90 Å². The monoisotopic (exact) mass is 219 g/mol. The van der Waals surface area contributed by atoms with Crippen LogP contribution in [-0.2, 0) is 0 Å². The first-order valence-electron chi connectivity index (χ1n) is 5.77. The van der Waals surface area contributed by atoms with Crippen LogP contribution in [0.3, 0.4) is 0 Å². The molecule has 1 N–H and O–H groups in total. The number of hydrogen-bond acceptors (Lipinski definition) is 2. The van der Waals surface area contributed by atoms with Crippen molar-refractivity contribution in [2.45, 2.75) is 26.2 Å². The zero-order valence-corrected chi connectivity index (χ0v) is 9.57. The molecule has 0 aromatic heterocycles. The van der Waals surface area contributed by atoms with E-state index in [1.807, 2.05) is 19.1 Å². The summed E-state index contributed by atoms with van der Waals surface area (Å²) in [4.78, 5) is 13.3. The van der Waals surface area contributed by atoms with Crippen molar-refractivity contribution in [1.82, 2.24) is 0 Å². The zero-order valence-electron chi connectivity index (χ0n) is 9.57. The van der Waals surface area contributed by atoms with E-state index in [1.54, 1.807) is 6.07 Å². The number of carboxylic acids is 1. The van der Waals surface area contributed by atoms with Crippen molar-refractivity contribution in [2.75, 3.05) is 18.0 Å². The van der Waals surface area contributed by atoms with Crippen molar-refractivity contribution >= 4 is 11.7 Å². The highest BCUT2D eigenvalue weighted by atomic mass is 16.4. The molecule has 3 heteroatoms. The third-order valence-electron chi connectivity index (χ3n) is 3.08. The van der Waals surface area contributed by atoms with Crippen molar-refractivity contribution in [3.63, 3.8) is 0 Å². The molecule has 16 heavy (non-hydrogen) atoms. The van der Waals surface area contributed by atoms with Gasteiger partial charge in [-0.3, -0.25) is 0 Å². The number of piperidine rings is 1. The van der Waals surface area contributed by atoms with E-state index >= 15 is 0 Å². The molecular formula is C13H17NO2. The molecule has 0 bridgehead atoms. The van der Waals surface area contributed by atoms with E-state index in [4.69, 9.17) is 5.11 Å². The highest BCUT2D eigenvalue weighted by Gasteiger charge is 2.17. The number of carboxylic acid groups (broad SMARTS) is 1. The van der Waals surface area contributed by atoms with Crippen LogP contribution in [0.5, 0.6) is 0 Å². The van der Waals surface area contributed by atoms with Crippen LogP contribution < -0.4 is 4.90 Å². The third-order valence-corrected chi connectivity index (χ3v) is 3.08. The number of aromatic carboxylic acids is 1. The molecule has 1 fully saturated rings. The van der Waals surface area contributed by atoms with Crippen LogP contribution in [-0.4, -0.2) is 24.2 Å². The average molecular weight is 219 g/mol. The predicted molar refractivity (Wildman–Crippen MR) is 64.2 cm³/mol. The van der Waals surface area contributed by atoms with Crippen LogP contribution >= 0.6 is 0 Å². The van der Waals surface area contributed by atoms with Crippen LogP contribution in [0.2, 0.25) is 0 Å². The fourth-order valence-electron chi connectivity index (χ4n) is 2.22. The lowest BCUT2D eigenvalue weighted by atomic mass is 10.1. The molecule has 86 valence electrons. The lowest BCUT2D eigenvalue weighted by molar-refractivity contribution is 0.0697. The minimum absolute atomic E-state index is 0.424. The molecule has 0 radical (unpaired) electrons. The van der Waals surface area contributed by atoms with Crippen LogP contribution in [0.15, 0.2) is 18.2 Å². The van der Waals surface area contributed by atoms with Gasteiger partial charge in [-0.15, -0.1) is 0 Å². The quantitative estimate of drug-likeness (QED) is 0.831. The van der Waals surface area contributed by atoms with Crippen molar-refractivity contribution in [2.24, 2.45) is 0 Å². The van der Waals surface area contributed by atoms with Gasteiger partial charge in [0, 0.05) is 13.1 Å². The normalized spacial score (nSPS) is 16.2. The topological polar surface area (TPSA) is 40.5 Å². The average Bonchev–Trinajstić information content (AvgIpc) is 2.29. The number of nitrogens with zero attached hydrogens (tertiary/aromatic N) is 1. The maximum Gasteiger partial charge on any atom is 0.337 e. The van der Waals surface area contributed by atoms with Crippen molar-refractivity contribution in [3.8, 4) is 0 Å². The van der Waals surface area contributed by atoms with E-state index in [-0.39, 0.29) is 0 Å². The summed E-state index contributed by atoms with van der Waals surface area (Å²) in [6.07, 6.45) is 3.57. The summed E-state index contributed by atoms with van der Waals surface area (Å²) in [5.74, 6) is -0.833. The smallest absolute Gasteiger partial charge is 0.337 e. The number of aryl methyl sites for hydroxylation is 1. The molecular weight excluding hydrogens is 202 g/mol. The zero-order chi connectivity index (χ0) is 11.5. The molecule has 1 aromatic carbocycles. The summed E-state index contributed by atoms with van der Waals surface area (Å²) in [5.41, 5.74) is 2.42. The summed E-state index contributed by atoms with van der Waals surface area (Å²) in [6.45, 7) is 3.95. The maximum atomic E-state index is 11.1. The van der Waals surface area contributed by atoms with E-state index in [0.29, 0.717) is 5.56 Å². The van der Waals surface area contributed by atoms with Gasteiger partial charge in [0.15, 0.2) is 0 Å². The van der Waals surface area contributed by atoms with Gasteiger partial charge < -0.3 is 10.0 Å². The standard InChI is InChI=1S/C13H17NO2/c1-10-5-6-11(13(15)16)12(9-10)14-7-3-2-4-8-14/h5-6,9H,2-4,7-8H2,1H3,(H,15,16). The number of rotatable bonds is 2. The van der Waals surface area contributed by atoms with Gasteiger partial charge in [0.2, 0.25) is 0 Å². The molecule has 1 saturated heterocycles. The Balaban J connectivity index is 2.36. The molecule has 0 atom stereocenters. The van der Waals surface area contributed by atoms with E-state index in [1.165, 1.54) is 6.42 Å². The van der Waals surface area contributed by atoms with Gasteiger partial charge in [-0.1, -0.05) is 6.07 Å². The van der Waals surface area contributed by atoms with E-state index < -0.39 is 5.97 Å². The molecule has 0 amide bonds. The van der Waals surface area contributed by atoms with E-state index in [0.717, 1.165) is 37.2 Å². The molecule has 2 rings (SSSR count). The number of anilines is 1. The van der Waals surface area contributed by atoms with Crippen LogP contribution in [0, 0.1) is 6.92 Å². The Morgan fingerprint density at radius 3 is 2.56 bits per heavy atom. The molecule has 0 aliphatic carbocycles. The van der Waals surface area contributed by atoms with Gasteiger partial charge in [-0.05, 0) is 43.9 Å². The fraction of sp³-hybridized carbons (Fsp3) is 0.462. The van der Waals surface area contributed by atoms with Crippen LogP contribution in [0.25, 0.3) is 0 Å². The Morgan fingerprint density at radius 1 is 1.25 bits per heavy atom. The predicted octanol–water partition coefficient (Wildman–Crippen LogP) is 2.68. The highest BCUT2D eigenvalue weighted by Crippen LogP contribution is 2.25.